The van der Waals surface area contributed by atoms with Crippen LogP contribution in [0.25, 0.3) is 0 Å². The van der Waals surface area contributed by atoms with Crippen LogP contribution in [0.4, 0.5) is 26.3 Å². The Hall–Kier alpha value is -3.04. The van der Waals surface area contributed by atoms with Gasteiger partial charge in [0.25, 0.3) is 5.60 Å². The molecule has 0 aromatic heterocycles. The van der Waals surface area contributed by atoms with E-state index in [0.717, 1.165) is 12.1 Å². The van der Waals surface area contributed by atoms with Crippen LogP contribution in [0, 0.1) is 6.92 Å². The summed E-state index contributed by atoms with van der Waals surface area (Å²) in [5, 5.41) is 3.57. The molecule has 33 heavy (non-hydrogen) atoms. The number of ether oxygens (including phenoxy) is 1. The highest BCUT2D eigenvalue weighted by molar-refractivity contribution is 6.03. The molecule has 1 aliphatic heterocycles. The van der Waals surface area contributed by atoms with Gasteiger partial charge in [-0.2, -0.15) is 26.3 Å². The number of alkyl halides is 6. The van der Waals surface area contributed by atoms with Crippen LogP contribution in [0.2, 0.25) is 0 Å². The Morgan fingerprint density at radius 3 is 2.24 bits per heavy atom. The van der Waals surface area contributed by atoms with Gasteiger partial charge in [-0.05, 0) is 63.1 Å². The van der Waals surface area contributed by atoms with Gasteiger partial charge in [0.05, 0.1) is 16.8 Å². The number of rotatable bonds is 3. The fourth-order valence-electron chi connectivity index (χ4n) is 3.41. The van der Waals surface area contributed by atoms with Gasteiger partial charge >= 0.3 is 18.3 Å². The fourth-order valence-corrected chi connectivity index (χ4v) is 3.41. The average molecular weight is 473 g/mol. The molecule has 2 aromatic rings. The third-order valence-electron chi connectivity index (χ3n) is 5.02. The highest BCUT2D eigenvalue weighted by atomic mass is 19.4. The Labute approximate surface area is 186 Å². The molecule has 3 rings (SSSR count). The van der Waals surface area contributed by atoms with E-state index in [0.29, 0.717) is 17.7 Å². The molecule has 0 amide bonds. The Morgan fingerprint density at radius 2 is 1.70 bits per heavy atom. The van der Waals surface area contributed by atoms with E-state index in [1.165, 1.54) is 18.2 Å². The van der Waals surface area contributed by atoms with Crippen LogP contribution in [0.3, 0.4) is 0 Å². The van der Waals surface area contributed by atoms with Crippen molar-refractivity contribution in [3.63, 3.8) is 0 Å². The van der Waals surface area contributed by atoms with E-state index in [1.807, 2.05) is 0 Å². The molecule has 178 valence electrons. The van der Waals surface area contributed by atoms with Crippen molar-refractivity contribution >= 4 is 11.7 Å². The van der Waals surface area contributed by atoms with E-state index in [4.69, 9.17) is 9.57 Å². The van der Waals surface area contributed by atoms with Crippen LogP contribution in [0.1, 0.15) is 59.8 Å². The van der Waals surface area contributed by atoms with Crippen LogP contribution in [-0.4, -0.2) is 23.5 Å². The number of hydrogen-bond donors (Lipinski definition) is 0. The molecule has 10 heteroatoms. The molecule has 0 N–H and O–H groups in total. The van der Waals surface area contributed by atoms with Crippen molar-refractivity contribution in [2.24, 2.45) is 5.16 Å². The minimum atomic E-state index is -5.05. The second-order valence-electron chi connectivity index (χ2n) is 8.74. The van der Waals surface area contributed by atoms with Gasteiger partial charge < -0.3 is 9.57 Å². The second-order valence-corrected chi connectivity index (χ2v) is 8.74. The Balaban J connectivity index is 1.95. The summed E-state index contributed by atoms with van der Waals surface area (Å²) in [5.41, 5.74) is -4.92. The summed E-state index contributed by atoms with van der Waals surface area (Å²) >= 11 is 0. The fraction of sp³-hybridized carbons (Fsp3) is 0.391. The summed E-state index contributed by atoms with van der Waals surface area (Å²) < 4.78 is 86.8. The normalized spacial score (nSPS) is 19.2. The van der Waals surface area contributed by atoms with Crippen molar-refractivity contribution in [3.8, 4) is 0 Å². The highest BCUT2D eigenvalue weighted by Crippen LogP contribution is 2.49. The molecule has 0 aliphatic carbocycles. The molecule has 0 saturated heterocycles. The van der Waals surface area contributed by atoms with Crippen LogP contribution >= 0.6 is 0 Å². The lowest BCUT2D eigenvalue weighted by Gasteiger charge is -2.30. The van der Waals surface area contributed by atoms with Crippen LogP contribution < -0.4 is 0 Å². The quantitative estimate of drug-likeness (QED) is 0.375. The van der Waals surface area contributed by atoms with E-state index < -0.39 is 47.1 Å². The predicted molar refractivity (Wildman–Crippen MR) is 108 cm³/mol. The first-order valence-corrected chi connectivity index (χ1v) is 9.87. The number of halogens is 6. The monoisotopic (exact) mass is 473 g/mol. The molecule has 4 nitrogen and oxygen atoms in total. The standard InChI is InChI=1S/C23H21F6NO3/c1-13-10-14(8-9-17(13)19(31)32-20(2,3)4)18-12-21(33-30-18,23(27,28)29)15-6-5-7-16(11-15)22(24,25)26/h5-11H,12H2,1-4H3. The Kier molecular flexibility index (Phi) is 6.02. The van der Waals surface area contributed by atoms with E-state index >= 15 is 0 Å². The Morgan fingerprint density at radius 1 is 1.03 bits per heavy atom. The van der Waals surface area contributed by atoms with Crippen molar-refractivity contribution in [2.75, 3.05) is 0 Å². The molecule has 1 aliphatic rings. The number of oxime groups is 1. The lowest BCUT2D eigenvalue weighted by molar-refractivity contribution is -0.276. The van der Waals surface area contributed by atoms with Gasteiger partial charge in [-0.3, -0.25) is 0 Å². The lowest BCUT2D eigenvalue weighted by Crippen LogP contribution is -2.42. The number of hydrogen-bond acceptors (Lipinski definition) is 4. The topological polar surface area (TPSA) is 47.9 Å². The largest absolute Gasteiger partial charge is 0.456 e. The maximum absolute atomic E-state index is 14.1. The number of nitrogens with zero attached hydrogens (tertiary/aromatic N) is 1. The average Bonchev–Trinajstić information content (AvgIpc) is 3.13. The minimum Gasteiger partial charge on any atom is -0.456 e. The molecule has 2 aromatic carbocycles. The molecular formula is C23H21F6NO3. The van der Waals surface area contributed by atoms with E-state index in [1.54, 1.807) is 27.7 Å². The maximum atomic E-state index is 14.1. The zero-order chi connectivity index (χ0) is 24.8. The molecule has 0 fully saturated rings. The molecule has 0 radical (unpaired) electrons. The molecule has 0 spiro atoms. The van der Waals surface area contributed by atoms with Crippen molar-refractivity contribution < 1.29 is 40.7 Å². The van der Waals surface area contributed by atoms with Crippen molar-refractivity contribution in [3.05, 3.63) is 70.3 Å². The van der Waals surface area contributed by atoms with Crippen LogP contribution in [0.15, 0.2) is 47.6 Å². The number of aryl methyl sites for hydroxylation is 1. The van der Waals surface area contributed by atoms with E-state index in [9.17, 15) is 31.1 Å². The van der Waals surface area contributed by atoms with Gasteiger partial charge in [-0.25, -0.2) is 4.79 Å². The lowest BCUT2D eigenvalue weighted by atomic mass is 9.85. The molecular weight excluding hydrogens is 452 g/mol. The first kappa shape index (κ1) is 24.6. The third-order valence-corrected chi connectivity index (χ3v) is 5.02. The summed E-state index contributed by atoms with van der Waals surface area (Å²) in [6.07, 6.45) is -10.7. The van der Waals surface area contributed by atoms with E-state index in [2.05, 4.69) is 5.16 Å². The number of carbonyl (C=O) groups excluding carboxylic acids is 1. The van der Waals surface area contributed by atoms with Gasteiger partial charge in [0.2, 0.25) is 0 Å². The Bertz CT molecular complexity index is 1100. The summed E-state index contributed by atoms with van der Waals surface area (Å²) in [6.45, 7) is 6.68. The van der Waals surface area contributed by atoms with Gasteiger partial charge in [-0.1, -0.05) is 23.4 Å². The van der Waals surface area contributed by atoms with Gasteiger partial charge in [0, 0.05) is 12.0 Å². The first-order chi connectivity index (χ1) is 15.0. The van der Waals surface area contributed by atoms with Crippen LogP contribution in [0.5, 0.6) is 0 Å². The first-order valence-electron chi connectivity index (χ1n) is 9.87. The molecule has 1 atom stereocenters. The predicted octanol–water partition coefficient (Wildman–Crippen LogP) is 6.55. The second kappa shape index (κ2) is 8.07. The smallest absolute Gasteiger partial charge is 0.435 e. The minimum absolute atomic E-state index is 0.108. The summed E-state index contributed by atoms with van der Waals surface area (Å²) in [6, 6.07) is 7.18. The van der Waals surface area contributed by atoms with Crippen molar-refractivity contribution in [1.29, 1.82) is 0 Å². The zero-order valence-electron chi connectivity index (χ0n) is 18.2. The third kappa shape index (κ3) is 4.99. The molecule has 0 saturated carbocycles. The van der Waals surface area contributed by atoms with Gasteiger partial charge in [0.1, 0.15) is 5.60 Å². The van der Waals surface area contributed by atoms with Gasteiger partial charge in [-0.15, -0.1) is 0 Å². The SMILES string of the molecule is Cc1cc(C2=NOC(c3cccc(C(F)(F)F)c3)(C(F)(F)F)C2)ccc1C(=O)OC(C)(C)C. The number of carbonyl (C=O) groups is 1. The molecule has 1 heterocycles. The van der Waals surface area contributed by atoms with Crippen molar-refractivity contribution in [2.45, 2.75) is 57.7 Å². The zero-order valence-corrected chi connectivity index (χ0v) is 18.2. The van der Waals surface area contributed by atoms with Crippen molar-refractivity contribution in [1.82, 2.24) is 0 Å². The number of esters is 1. The van der Waals surface area contributed by atoms with Crippen LogP contribution in [-0.2, 0) is 21.4 Å². The van der Waals surface area contributed by atoms with E-state index in [-0.39, 0.29) is 16.8 Å². The summed E-state index contributed by atoms with van der Waals surface area (Å²) in [4.78, 5) is 17.1. The molecule has 0 bridgehead atoms. The van der Waals surface area contributed by atoms with Gasteiger partial charge in [0.15, 0.2) is 0 Å². The number of benzene rings is 2. The molecule has 1 unspecified atom stereocenters. The highest BCUT2D eigenvalue weighted by Gasteiger charge is 2.62. The summed E-state index contributed by atoms with van der Waals surface area (Å²) in [5.74, 6) is -0.593. The summed E-state index contributed by atoms with van der Waals surface area (Å²) in [7, 11) is 0. The maximum Gasteiger partial charge on any atom is 0.435 e.